The molecule has 4 rings (SSSR count). The zero-order valence-electron chi connectivity index (χ0n) is 16.6. The van der Waals surface area contributed by atoms with Crippen LogP contribution >= 0.6 is 35.4 Å². The van der Waals surface area contributed by atoms with Gasteiger partial charge in [0.15, 0.2) is 10.7 Å². The molecule has 1 aromatic heterocycles. The van der Waals surface area contributed by atoms with Crippen LogP contribution in [-0.2, 0) is 0 Å². The number of nitrogens with zero attached hydrogens (tertiary/aromatic N) is 1. The summed E-state index contributed by atoms with van der Waals surface area (Å²) in [6, 6.07) is 16.2. The number of aromatic nitrogens is 1. The van der Waals surface area contributed by atoms with Gasteiger partial charge in [0.25, 0.3) is 5.91 Å². The highest BCUT2D eigenvalue weighted by Crippen LogP contribution is 2.30. The number of oxazole rings is 1. The van der Waals surface area contributed by atoms with Crippen LogP contribution in [0.1, 0.15) is 21.5 Å². The number of thiocarbonyl (C=S) groups is 1. The number of benzene rings is 3. The van der Waals surface area contributed by atoms with Crippen molar-refractivity contribution in [3.8, 4) is 11.5 Å². The van der Waals surface area contributed by atoms with Gasteiger partial charge in [0.2, 0.25) is 5.89 Å². The number of fused-ring (bicyclic) bond motifs is 1. The highest BCUT2D eigenvalue weighted by atomic mass is 35.5. The van der Waals surface area contributed by atoms with Crippen LogP contribution in [0.15, 0.2) is 59.0 Å². The van der Waals surface area contributed by atoms with E-state index in [4.69, 9.17) is 39.8 Å². The molecule has 3 aromatic carbocycles. The van der Waals surface area contributed by atoms with Crippen molar-refractivity contribution in [1.82, 2.24) is 10.3 Å². The first-order valence-electron chi connectivity index (χ1n) is 9.36. The lowest BCUT2D eigenvalue weighted by Crippen LogP contribution is -2.34. The molecule has 0 radical (unpaired) electrons. The number of hydrogen-bond donors (Lipinski definition) is 2. The number of nitrogens with one attached hydrogen (secondary N) is 2. The zero-order chi connectivity index (χ0) is 22.1. The van der Waals surface area contributed by atoms with Crippen LogP contribution in [0.5, 0.6) is 0 Å². The summed E-state index contributed by atoms with van der Waals surface area (Å²) in [4.78, 5) is 17.0. The molecule has 5 nitrogen and oxygen atoms in total. The molecule has 31 heavy (non-hydrogen) atoms. The third-order valence-corrected chi connectivity index (χ3v) is 5.61. The van der Waals surface area contributed by atoms with Gasteiger partial charge < -0.3 is 9.73 Å². The predicted octanol–water partition coefficient (Wildman–Crippen LogP) is 6.55. The molecule has 0 saturated carbocycles. The van der Waals surface area contributed by atoms with E-state index >= 15 is 0 Å². The number of anilines is 1. The molecule has 0 saturated heterocycles. The molecule has 0 unspecified atom stereocenters. The monoisotopic (exact) mass is 469 g/mol. The van der Waals surface area contributed by atoms with Crippen LogP contribution in [0.25, 0.3) is 22.6 Å². The second kappa shape index (κ2) is 8.67. The number of carbonyl (C=O) groups is 1. The molecule has 156 valence electrons. The molecule has 0 spiro atoms. The fraction of sp³-hybridized carbons (Fsp3) is 0.0870. The van der Waals surface area contributed by atoms with E-state index in [2.05, 4.69) is 15.6 Å². The van der Waals surface area contributed by atoms with Crippen molar-refractivity contribution in [3.05, 3.63) is 81.3 Å². The number of aryl methyl sites for hydroxylation is 2. The van der Waals surface area contributed by atoms with Crippen LogP contribution in [-0.4, -0.2) is 16.0 Å². The third-order valence-electron chi connectivity index (χ3n) is 4.67. The van der Waals surface area contributed by atoms with Crippen molar-refractivity contribution in [2.75, 3.05) is 5.32 Å². The summed E-state index contributed by atoms with van der Waals surface area (Å²) in [5.74, 6) is 0.0885. The van der Waals surface area contributed by atoms with E-state index in [0.717, 1.165) is 22.2 Å². The Hall–Kier alpha value is -2.93. The molecular formula is C23H17Cl2N3O2S. The van der Waals surface area contributed by atoms with E-state index < -0.39 is 0 Å². The quantitative estimate of drug-likeness (QED) is 0.333. The molecule has 0 aliphatic carbocycles. The van der Waals surface area contributed by atoms with Gasteiger partial charge in [0, 0.05) is 16.1 Å². The molecule has 0 aliphatic heterocycles. The maximum absolute atomic E-state index is 12.5. The Morgan fingerprint density at radius 3 is 2.58 bits per heavy atom. The Bertz CT molecular complexity index is 1330. The normalized spacial score (nSPS) is 10.8. The van der Waals surface area contributed by atoms with Crippen molar-refractivity contribution in [2.24, 2.45) is 0 Å². The average Bonchev–Trinajstić information content (AvgIpc) is 3.14. The average molecular weight is 470 g/mol. The molecule has 2 N–H and O–H groups in total. The second-order valence-electron chi connectivity index (χ2n) is 7.06. The number of amides is 1. The third kappa shape index (κ3) is 4.71. The van der Waals surface area contributed by atoms with Gasteiger partial charge in [-0.1, -0.05) is 35.3 Å². The van der Waals surface area contributed by atoms with Crippen molar-refractivity contribution in [1.29, 1.82) is 0 Å². The number of halogens is 2. The van der Waals surface area contributed by atoms with Gasteiger partial charge in [-0.2, -0.15) is 0 Å². The molecular weight excluding hydrogens is 453 g/mol. The summed E-state index contributed by atoms with van der Waals surface area (Å²) >= 11 is 17.7. The summed E-state index contributed by atoms with van der Waals surface area (Å²) in [5.41, 5.74) is 5.09. The summed E-state index contributed by atoms with van der Waals surface area (Å²) in [5, 5.41) is 6.64. The van der Waals surface area contributed by atoms with Crippen molar-refractivity contribution >= 4 is 63.2 Å². The van der Waals surface area contributed by atoms with Gasteiger partial charge in [-0.05, 0) is 79.7 Å². The maximum Gasteiger partial charge on any atom is 0.257 e. The summed E-state index contributed by atoms with van der Waals surface area (Å²) in [6.07, 6.45) is 0. The molecule has 0 aliphatic rings. The van der Waals surface area contributed by atoms with Gasteiger partial charge in [-0.15, -0.1) is 0 Å². The maximum atomic E-state index is 12.5. The summed E-state index contributed by atoms with van der Waals surface area (Å²) in [7, 11) is 0. The Morgan fingerprint density at radius 1 is 1.00 bits per heavy atom. The topological polar surface area (TPSA) is 67.2 Å². The van der Waals surface area contributed by atoms with Gasteiger partial charge in [0.1, 0.15) is 5.52 Å². The fourth-order valence-electron chi connectivity index (χ4n) is 2.97. The Balaban J connectivity index is 1.53. The minimum absolute atomic E-state index is 0.105. The number of carbonyl (C=O) groups excluding carboxylic acids is 1. The van der Waals surface area contributed by atoms with Crippen LogP contribution in [0.2, 0.25) is 10.0 Å². The molecule has 0 bridgehead atoms. The van der Waals surface area contributed by atoms with Crippen LogP contribution in [0.3, 0.4) is 0 Å². The smallest absolute Gasteiger partial charge is 0.257 e. The van der Waals surface area contributed by atoms with Gasteiger partial charge in [0.05, 0.1) is 10.7 Å². The molecule has 4 aromatic rings. The highest BCUT2D eigenvalue weighted by molar-refractivity contribution is 7.80. The molecule has 0 fully saturated rings. The van der Waals surface area contributed by atoms with Gasteiger partial charge >= 0.3 is 0 Å². The minimum Gasteiger partial charge on any atom is -0.436 e. The number of rotatable bonds is 3. The minimum atomic E-state index is -0.374. The lowest BCUT2D eigenvalue weighted by Gasteiger charge is -2.12. The van der Waals surface area contributed by atoms with E-state index in [9.17, 15) is 4.79 Å². The van der Waals surface area contributed by atoms with Crippen LogP contribution in [0, 0.1) is 13.8 Å². The van der Waals surface area contributed by atoms with E-state index in [1.54, 1.807) is 36.4 Å². The standard InChI is InChI=1S/C23H17Cl2N3O2S/c1-12-3-8-18-20(9-12)30-22(26-18)15-6-7-16(24)19(11-15)27-23(31)28-21(29)14-5-4-13(2)17(25)10-14/h3-11H,1-2H3,(H2,27,28,29,31). The Morgan fingerprint density at radius 2 is 1.81 bits per heavy atom. The first-order valence-corrected chi connectivity index (χ1v) is 10.5. The lowest BCUT2D eigenvalue weighted by molar-refractivity contribution is 0.0977. The fourth-order valence-corrected chi connectivity index (χ4v) is 3.52. The Kier molecular flexibility index (Phi) is 5.96. The largest absolute Gasteiger partial charge is 0.436 e. The Labute approximate surface area is 194 Å². The van der Waals surface area contributed by atoms with E-state index in [-0.39, 0.29) is 11.0 Å². The zero-order valence-corrected chi connectivity index (χ0v) is 19.0. The molecule has 8 heteroatoms. The van der Waals surface area contributed by atoms with E-state index in [0.29, 0.717) is 32.8 Å². The molecule has 0 atom stereocenters. The number of hydrogen-bond acceptors (Lipinski definition) is 4. The summed E-state index contributed by atoms with van der Waals surface area (Å²) in [6.45, 7) is 3.86. The lowest BCUT2D eigenvalue weighted by atomic mass is 10.1. The van der Waals surface area contributed by atoms with Crippen molar-refractivity contribution in [3.63, 3.8) is 0 Å². The highest BCUT2D eigenvalue weighted by Gasteiger charge is 2.13. The predicted molar refractivity (Wildman–Crippen MR) is 129 cm³/mol. The van der Waals surface area contributed by atoms with Gasteiger partial charge in [-0.25, -0.2) is 4.98 Å². The van der Waals surface area contributed by atoms with Crippen molar-refractivity contribution < 1.29 is 9.21 Å². The summed E-state index contributed by atoms with van der Waals surface area (Å²) < 4.78 is 5.88. The van der Waals surface area contributed by atoms with E-state index in [1.165, 1.54) is 0 Å². The van der Waals surface area contributed by atoms with Crippen LogP contribution in [0.4, 0.5) is 5.69 Å². The first-order chi connectivity index (χ1) is 14.8. The molecule has 1 heterocycles. The van der Waals surface area contributed by atoms with E-state index in [1.807, 2.05) is 32.0 Å². The SMILES string of the molecule is Cc1ccc2nc(-c3ccc(Cl)c(NC(=S)NC(=O)c4ccc(C)c(Cl)c4)c3)oc2c1. The first kappa shape index (κ1) is 21.3. The van der Waals surface area contributed by atoms with Crippen molar-refractivity contribution in [2.45, 2.75) is 13.8 Å². The van der Waals surface area contributed by atoms with Gasteiger partial charge in [-0.3, -0.25) is 10.1 Å². The second-order valence-corrected chi connectivity index (χ2v) is 8.28. The van der Waals surface area contributed by atoms with Crippen LogP contribution < -0.4 is 10.6 Å². The molecule has 1 amide bonds.